The van der Waals surface area contributed by atoms with Gasteiger partial charge in [0.25, 0.3) is 0 Å². The largest absolute Gasteiger partial charge is 0.308 e. The van der Waals surface area contributed by atoms with Crippen molar-refractivity contribution in [2.24, 2.45) is 0 Å². The number of thiophene rings is 1. The van der Waals surface area contributed by atoms with Crippen LogP contribution >= 0.6 is 11.3 Å². The third-order valence-electron chi connectivity index (χ3n) is 3.31. The summed E-state index contributed by atoms with van der Waals surface area (Å²) in [6.45, 7) is 9.30. The molecule has 3 heteroatoms. The van der Waals surface area contributed by atoms with Crippen molar-refractivity contribution in [1.29, 1.82) is 0 Å². The summed E-state index contributed by atoms with van der Waals surface area (Å²) in [5, 5.41) is 5.80. The molecular formula is C13H22N2S. The molecule has 1 aromatic heterocycles. The van der Waals surface area contributed by atoms with Crippen molar-refractivity contribution in [3.05, 3.63) is 21.9 Å². The maximum Gasteiger partial charge on any atom is 0.0305 e. The van der Waals surface area contributed by atoms with Crippen molar-refractivity contribution >= 4 is 11.3 Å². The summed E-state index contributed by atoms with van der Waals surface area (Å²) in [6.07, 6.45) is 2.77. The van der Waals surface area contributed by atoms with Crippen LogP contribution in [-0.4, -0.2) is 30.6 Å². The molecule has 2 nitrogen and oxygen atoms in total. The summed E-state index contributed by atoms with van der Waals surface area (Å²) >= 11 is 1.86. The van der Waals surface area contributed by atoms with Gasteiger partial charge >= 0.3 is 0 Å². The molecule has 0 aliphatic carbocycles. The number of nitrogens with one attached hydrogen (secondary N) is 1. The average molecular weight is 238 g/mol. The van der Waals surface area contributed by atoms with Gasteiger partial charge in [0.2, 0.25) is 0 Å². The highest BCUT2D eigenvalue weighted by Crippen LogP contribution is 2.15. The Morgan fingerprint density at radius 3 is 2.81 bits per heavy atom. The lowest BCUT2D eigenvalue weighted by Crippen LogP contribution is -2.37. The molecule has 1 fully saturated rings. The molecule has 1 aliphatic heterocycles. The van der Waals surface area contributed by atoms with Crippen LogP contribution in [0.1, 0.15) is 30.2 Å². The zero-order valence-electron chi connectivity index (χ0n) is 10.3. The van der Waals surface area contributed by atoms with Crippen LogP contribution in [0.3, 0.4) is 0 Å². The smallest absolute Gasteiger partial charge is 0.0305 e. The van der Waals surface area contributed by atoms with Crippen molar-refractivity contribution in [3.8, 4) is 0 Å². The molecule has 90 valence electrons. The second kappa shape index (κ2) is 5.80. The quantitative estimate of drug-likeness (QED) is 0.848. The number of aryl methyl sites for hydroxylation is 1. The fraction of sp³-hybridized carbons (Fsp3) is 0.692. The fourth-order valence-electron chi connectivity index (χ4n) is 2.27. The monoisotopic (exact) mass is 238 g/mol. The van der Waals surface area contributed by atoms with Gasteiger partial charge in [0.1, 0.15) is 0 Å². The molecule has 1 unspecified atom stereocenters. The lowest BCUT2D eigenvalue weighted by Gasteiger charge is -2.21. The summed E-state index contributed by atoms with van der Waals surface area (Å²) < 4.78 is 0. The minimum Gasteiger partial charge on any atom is -0.308 e. The summed E-state index contributed by atoms with van der Waals surface area (Å²) in [5.74, 6) is 0. The van der Waals surface area contributed by atoms with Crippen LogP contribution in [0.15, 0.2) is 11.4 Å². The molecule has 0 aromatic carbocycles. The van der Waals surface area contributed by atoms with Gasteiger partial charge in [-0.3, -0.25) is 0 Å². The first-order valence-electron chi connectivity index (χ1n) is 6.24. The van der Waals surface area contributed by atoms with E-state index in [2.05, 4.69) is 35.5 Å². The molecule has 1 aromatic rings. The first kappa shape index (κ1) is 12.1. The third-order valence-corrected chi connectivity index (χ3v) is 4.33. The fourth-order valence-corrected chi connectivity index (χ4v) is 3.13. The highest BCUT2D eigenvalue weighted by Gasteiger charge is 2.14. The van der Waals surface area contributed by atoms with Crippen molar-refractivity contribution in [2.45, 2.75) is 39.3 Å². The van der Waals surface area contributed by atoms with Gasteiger partial charge in [-0.2, -0.15) is 0 Å². The Morgan fingerprint density at radius 1 is 1.44 bits per heavy atom. The van der Waals surface area contributed by atoms with Gasteiger partial charge < -0.3 is 10.2 Å². The SMILES string of the molecule is Cc1ccsc1CNC(C)CN1CCCC1. The Kier molecular flexibility index (Phi) is 4.38. The Morgan fingerprint density at radius 2 is 2.19 bits per heavy atom. The normalized spacial score (nSPS) is 19.1. The van der Waals surface area contributed by atoms with Crippen molar-refractivity contribution < 1.29 is 0 Å². The van der Waals surface area contributed by atoms with Crippen molar-refractivity contribution in [1.82, 2.24) is 10.2 Å². The molecule has 0 radical (unpaired) electrons. The summed E-state index contributed by atoms with van der Waals surface area (Å²) in [7, 11) is 0. The maximum atomic E-state index is 3.62. The number of hydrogen-bond donors (Lipinski definition) is 1. The number of nitrogens with zero attached hydrogens (tertiary/aromatic N) is 1. The molecule has 1 aliphatic rings. The predicted octanol–water partition coefficient (Wildman–Crippen LogP) is 2.63. The highest BCUT2D eigenvalue weighted by atomic mass is 32.1. The lowest BCUT2D eigenvalue weighted by atomic mass is 10.2. The van der Waals surface area contributed by atoms with E-state index in [1.807, 2.05) is 11.3 Å². The number of rotatable bonds is 5. The van der Waals surface area contributed by atoms with E-state index < -0.39 is 0 Å². The van der Waals surface area contributed by atoms with Gasteiger partial charge in [-0.1, -0.05) is 0 Å². The van der Waals surface area contributed by atoms with Gasteiger partial charge in [-0.25, -0.2) is 0 Å². The second-order valence-corrected chi connectivity index (χ2v) is 5.82. The number of hydrogen-bond acceptors (Lipinski definition) is 3. The molecular weight excluding hydrogens is 216 g/mol. The predicted molar refractivity (Wildman–Crippen MR) is 71.0 cm³/mol. The van der Waals surface area contributed by atoms with Gasteiger partial charge in [0.15, 0.2) is 0 Å². The van der Waals surface area contributed by atoms with Crippen LogP contribution in [0, 0.1) is 6.92 Å². The molecule has 2 heterocycles. The van der Waals surface area contributed by atoms with Crippen LogP contribution in [0.2, 0.25) is 0 Å². The van der Waals surface area contributed by atoms with Crippen LogP contribution < -0.4 is 5.32 Å². The first-order valence-corrected chi connectivity index (χ1v) is 7.12. The number of likely N-dealkylation sites (tertiary alicyclic amines) is 1. The lowest BCUT2D eigenvalue weighted by molar-refractivity contribution is 0.298. The van der Waals surface area contributed by atoms with E-state index in [-0.39, 0.29) is 0 Å². The third kappa shape index (κ3) is 3.30. The molecule has 1 atom stereocenters. The Bertz CT molecular complexity index is 315. The van der Waals surface area contributed by atoms with Crippen LogP contribution in [0.5, 0.6) is 0 Å². The first-order chi connectivity index (χ1) is 7.75. The minimum absolute atomic E-state index is 0.597. The summed E-state index contributed by atoms with van der Waals surface area (Å²) in [4.78, 5) is 4.05. The maximum absolute atomic E-state index is 3.62. The van der Waals surface area contributed by atoms with Crippen LogP contribution in [-0.2, 0) is 6.54 Å². The van der Waals surface area contributed by atoms with Crippen molar-refractivity contribution in [3.63, 3.8) is 0 Å². The zero-order valence-corrected chi connectivity index (χ0v) is 11.1. The van der Waals surface area contributed by atoms with Gasteiger partial charge in [0, 0.05) is 24.0 Å². The standard InChI is InChI=1S/C13H22N2S/c1-11-5-8-16-13(11)9-14-12(2)10-15-6-3-4-7-15/h5,8,12,14H,3-4,6-7,9-10H2,1-2H3. The van der Waals surface area contributed by atoms with Gasteiger partial charge in [-0.15, -0.1) is 11.3 Å². The van der Waals surface area contributed by atoms with E-state index in [9.17, 15) is 0 Å². The molecule has 0 amide bonds. The minimum atomic E-state index is 0.597. The van der Waals surface area contributed by atoms with E-state index in [1.165, 1.54) is 42.9 Å². The molecule has 0 spiro atoms. The average Bonchev–Trinajstić information content (AvgIpc) is 2.87. The highest BCUT2D eigenvalue weighted by molar-refractivity contribution is 7.10. The molecule has 1 saturated heterocycles. The Labute approximate surface area is 103 Å². The molecule has 2 rings (SSSR count). The Balaban J connectivity index is 1.71. The van der Waals surface area contributed by atoms with E-state index in [0.29, 0.717) is 6.04 Å². The van der Waals surface area contributed by atoms with Gasteiger partial charge in [0.05, 0.1) is 0 Å². The van der Waals surface area contributed by atoms with E-state index in [0.717, 1.165) is 6.54 Å². The molecule has 16 heavy (non-hydrogen) atoms. The van der Waals surface area contributed by atoms with Crippen LogP contribution in [0.25, 0.3) is 0 Å². The Hall–Kier alpha value is -0.380. The zero-order chi connectivity index (χ0) is 11.4. The van der Waals surface area contributed by atoms with E-state index in [4.69, 9.17) is 0 Å². The summed E-state index contributed by atoms with van der Waals surface area (Å²) in [6, 6.07) is 2.80. The van der Waals surface area contributed by atoms with Gasteiger partial charge in [-0.05, 0) is 56.8 Å². The topological polar surface area (TPSA) is 15.3 Å². The second-order valence-electron chi connectivity index (χ2n) is 4.82. The molecule has 0 saturated carbocycles. The molecule has 0 bridgehead atoms. The molecule has 1 N–H and O–H groups in total. The van der Waals surface area contributed by atoms with E-state index >= 15 is 0 Å². The summed E-state index contributed by atoms with van der Waals surface area (Å²) in [5.41, 5.74) is 1.42. The van der Waals surface area contributed by atoms with Crippen molar-refractivity contribution in [2.75, 3.05) is 19.6 Å². The van der Waals surface area contributed by atoms with Crippen LogP contribution in [0.4, 0.5) is 0 Å². The van der Waals surface area contributed by atoms with E-state index in [1.54, 1.807) is 0 Å².